The number of ether oxygens (including phenoxy) is 1. The van der Waals surface area contributed by atoms with E-state index in [0.29, 0.717) is 11.9 Å². The smallest absolute Gasteiger partial charge is 0.243 e. The Morgan fingerprint density at radius 2 is 2.12 bits per heavy atom. The van der Waals surface area contributed by atoms with Gasteiger partial charge in [0.25, 0.3) is 0 Å². The Balaban J connectivity index is 1.72. The number of nitrogens with zero attached hydrogens (tertiary/aromatic N) is 3. The van der Waals surface area contributed by atoms with Crippen molar-refractivity contribution in [2.45, 2.75) is 6.42 Å². The van der Waals surface area contributed by atoms with Gasteiger partial charge in [-0.2, -0.15) is 0 Å². The number of rotatable bonds is 3. The van der Waals surface area contributed by atoms with Crippen LogP contribution in [-0.4, -0.2) is 34.9 Å². The summed E-state index contributed by atoms with van der Waals surface area (Å²) in [5.41, 5.74) is 1.69. The van der Waals surface area contributed by atoms with Crippen molar-refractivity contribution in [2.75, 3.05) is 25.1 Å². The van der Waals surface area contributed by atoms with Crippen LogP contribution in [0.5, 0.6) is 0 Å². The zero-order valence-electron chi connectivity index (χ0n) is 9.47. The third kappa shape index (κ3) is 2.34. The van der Waals surface area contributed by atoms with Gasteiger partial charge in [-0.05, 0) is 18.6 Å². The lowest BCUT2D eigenvalue weighted by Gasteiger charge is -2.08. The zero-order chi connectivity index (χ0) is 11.5. The molecule has 1 unspecified atom stereocenters. The fourth-order valence-electron chi connectivity index (χ4n) is 1.94. The molecule has 5 heteroatoms. The summed E-state index contributed by atoms with van der Waals surface area (Å²) >= 11 is 0. The van der Waals surface area contributed by atoms with Gasteiger partial charge in [-0.1, -0.05) is 12.1 Å². The molecule has 1 fully saturated rings. The molecule has 88 valence electrons. The number of benzene rings is 1. The van der Waals surface area contributed by atoms with Gasteiger partial charge in [0.05, 0.1) is 12.1 Å². The minimum Gasteiger partial charge on any atom is -0.381 e. The molecule has 0 saturated carbocycles. The van der Waals surface area contributed by atoms with Gasteiger partial charge in [0.1, 0.15) is 5.52 Å². The van der Waals surface area contributed by atoms with Gasteiger partial charge in [-0.25, -0.2) is 4.98 Å². The van der Waals surface area contributed by atoms with Crippen LogP contribution in [0.1, 0.15) is 6.42 Å². The predicted molar refractivity (Wildman–Crippen MR) is 64.7 cm³/mol. The lowest BCUT2D eigenvalue weighted by Crippen LogP contribution is -2.16. The average Bonchev–Trinajstić information content (AvgIpc) is 2.89. The van der Waals surface area contributed by atoms with Crippen LogP contribution in [0.15, 0.2) is 24.3 Å². The Bertz CT molecular complexity index is 511. The summed E-state index contributed by atoms with van der Waals surface area (Å²) < 4.78 is 5.32. The largest absolute Gasteiger partial charge is 0.381 e. The van der Waals surface area contributed by atoms with Crippen LogP contribution in [0.4, 0.5) is 5.95 Å². The fourth-order valence-corrected chi connectivity index (χ4v) is 1.94. The van der Waals surface area contributed by atoms with E-state index in [1.54, 1.807) is 0 Å². The molecule has 5 nitrogen and oxygen atoms in total. The van der Waals surface area contributed by atoms with E-state index in [9.17, 15) is 0 Å². The third-order valence-electron chi connectivity index (χ3n) is 2.93. The quantitative estimate of drug-likeness (QED) is 0.865. The molecular weight excluding hydrogens is 216 g/mol. The van der Waals surface area contributed by atoms with Crippen LogP contribution >= 0.6 is 0 Å². The van der Waals surface area contributed by atoms with Gasteiger partial charge < -0.3 is 10.1 Å². The first-order valence-electron chi connectivity index (χ1n) is 5.83. The third-order valence-corrected chi connectivity index (χ3v) is 2.93. The van der Waals surface area contributed by atoms with Crippen molar-refractivity contribution in [1.29, 1.82) is 0 Å². The maximum absolute atomic E-state index is 5.32. The van der Waals surface area contributed by atoms with Crippen molar-refractivity contribution in [3.05, 3.63) is 24.3 Å². The normalized spacial score (nSPS) is 19.6. The van der Waals surface area contributed by atoms with Crippen LogP contribution in [0, 0.1) is 5.92 Å². The summed E-state index contributed by atoms with van der Waals surface area (Å²) in [6, 6.07) is 7.73. The van der Waals surface area contributed by atoms with E-state index in [4.69, 9.17) is 4.74 Å². The molecule has 2 aromatic rings. The molecule has 1 aliphatic rings. The van der Waals surface area contributed by atoms with E-state index in [1.165, 1.54) is 0 Å². The first-order valence-corrected chi connectivity index (χ1v) is 5.83. The number of hydrogen-bond donors (Lipinski definition) is 1. The highest BCUT2D eigenvalue weighted by Crippen LogP contribution is 2.13. The summed E-state index contributed by atoms with van der Waals surface area (Å²) in [6.07, 6.45) is 1.11. The molecule has 0 radical (unpaired) electrons. The molecule has 0 aliphatic carbocycles. The first-order chi connectivity index (χ1) is 8.42. The first kappa shape index (κ1) is 10.4. The molecule has 17 heavy (non-hydrogen) atoms. The highest BCUT2D eigenvalue weighted by atomic mass is 16.5. The monoisotopic (exact) mass is 230 g/mol. The van der Waals surface area contributed by atoms with Crippen molar-refractivity contribution in [3.8, 4) is 0 Å². The summed E-state index contributed by atoms with van der Waals surface area (Å²) in [5, 5.41) is 11.4. The molecular formula is C12H14N4O. The van der Waals surface area contributed by atoms with Crippen molar-refractivity contribution in [3.63, 3.8) is 0 Å². The number of fused-ring (bicyclic) bond motifs is 1. The summed E-state index contributed by atoms with van der Waals surface area (Å²) in [7, 11) is 0. The molecule has 1 saturated heterocycles. The second-order valence-electron chi connectivity index (χ2n) is 4.23. The van der Waals surface area contributed by atoms with Gasteiger partial charge in [-0.3, -0.25) is 0 Å². The van der Waals surface area contributed by atoms with Crippen molar-refractivity contribution < 1.29 is 4.74 Å². The zero-order valence-corrected chi connectivity index (χ0v) is 9.47. The van der Waals surface area contributed by atoms with Gasteiger partial charge in [0.15, 0.2) is 0 Å². The number of anilines is 1. The van der Waals surface area contributed by atoms with Crippen molar-refractivity contribution in [1.82, 2.24) is 15.2 Å². The Morgan fingerprint density at radius 3 is 2.94 bits per heavy atom. The number of hydrogen-bond acceptors (Lipinski definition) is 5. The molecule has 1 aromatic carbocycles. The highest BCUT2D eigenvalue weighted by Gasteiger charge is 2.15. The summed E-state index contributed by atoms with van der Waals surface area (Å²) in [5.74, 6) is 1.15. The predicted octanol–water partition coefficient (Wildman–Crippen LogP) is 1.47. The summed E-state index contributed by atoms with van der Waals surface area (Å²) in [6.45, 7) is 2.54. The molecule has 3 rings (SSSR count). The maximum Gasteiger partial charge on any atom is 0.243 e. The van der Waals surface area contributed by atoms with E-state index in [1.807, 2.05) is 24.3 Å². The van der Waals surface area contributed by atoms with Gasteiger partial charge in [0.2, 0.25) is 5.95 Å². The minimum atomic E-state index is 0.560. The van der Waals surface area contributed by atoms with E-state index < -0.39 is 0 Å². The molecule has 1 atom stereocenters. The molecule has 0 amide bonds. The van der Waals surface area contributed by atoms with Crippen LogP contribution in [-0.2, 0) is 4.74 Å². The Kier molecular flexibility index (Phi) is 2.83. The van der Waals surface area contributed by atoms with Crippen molar-refractivity contribution >= 4 is 17.0 Å². The number of nitrogens with one attached hydrogen (secondary N) is 1. The van der Waals surface area contributed by atoms with Gasteiger partial charge >= 0.3 is 0 Å². The second-order valence-corrected chi connectivity index (χ2v) is 4.23. The molecule has 1 N–H and O–H groups in total. The van der Waals surface area contributed by atoms with Crippen LogP contribution < -0.4 is 5.32 Å². The van der Waals surface area contributed by atoms with E-state index >= 15 is 0 Å². The molecule has 1 aliphatic heterocycles. The van der Waals surface area contributed by atoms with Gasteiger partial charge in [0, 0.05) is 19.1 Å². The Labute approximate surface area is 99.2 Å². The lowest BCUT2D eigenvalue weighted by atomic mass is 10.1. The Morgan fingerprint density at radius 1 is 1.24 bits per heavy atom. The maximum atomic E-state index is 5.32. The van der Waals surface area contributed by atoms with Crippen LogP contribution in [0.3, 0.4) is 0 Å². The second kappa shape index (κ2) is 4.63. The number of aromatic nitrogens is 3. The van der Waals surface area contributed by atoms with Crippen LogP contribution in [0.2, 0.25) is 0 Å². The van der Waals surface area contributed by atoms with Crippen LogP contribution in [0.25, 0.3) is 11.0 Å². The molecule has 2 heterocycles. The lowest BCUT2D eigenvalue weighted by molar-refractivity contribution is 0.187. The number of para-hydroxylation sites is 1. The van der Waals surface area contributed by atoms with Crippen molar-refractivity contribution in [2.24, 2.45) is 5.92 Å². The SMILES string of the molecule is c1ccc2nc(NCC3CCOC3)nnc2c1. The van der Waals surface area contributed by atoms with Gasteiger partial charge in [-0.15, -0.1) is 10.2 Å². The molecule has 0 spiro atoms. The Hall–Kier alpha value is -1.75. The fraction of sp³-hybridized carbons (Fsp3) is 0.417. The van der Waals surface area contributed by atoms with E-state index in [0.717, 1.165) is 37.2 Å². The average molecular weight is 230 g/mol. The molecule has 1 aromatic heterocycles. The van der Waals surface area contributed by atoms with E-state index in [2.05, 4.69) is 20.5 Å². The molecule has 0 bridgehead atoms. The van der Waals surface area contributed by atoms with E-state index in [-0.39, 0.29) is 0 Å². The standard InChI is InChI=1S/C12H14N4O/c1-2-4-11-10(3-1)14-12(16-15-11)13-7-9-5-6-17-8-9/h1-4,9H,5-8H2,(H,13,14,16). The minimum absolute atomic E-state index is 0.560. The topological polar surface area (TPSA) is 59.9 Å². The summed E-state index contributed by atoms with van der Waals surface area (Å²) in [4.78, 5) is 4.41. The highest BCUT2D eigenvalue weighted by molar-refractivity contribution is 5.73.